The van der Waals surface area contributed by atoms with Gasteiger partial charge >= 0.3 is 0 Å². The SMILES string of the molecule is CC1(C)CCNc2c(cc(C(C)(C)C)cc2-c2cccc(N3CCC3)c2)O1. The Bertz CT molecular complexity index is 844. The van der Waals surface area contributed by atoms with Crippen LogP contribution in [0.3, 0.4) is 0 Å². The summed E-state index contributed by atoms with van der Waals surface area (Å²) in [6.45, 7) is 14.4. The van der Waals surface area contributed by atoms with Crippen molar-refractivity contribution >= 4 is 11.4 Å². The molecule has 0 aromatic heterocycles. The third kappa shape index (κ3) is 3.65. The van der Waals surface area contributed by atoms with E-state index in [1.54, 1.807) is 0 Å². The molecule has 144 valence electrons. The highest BCUT2D eigenvalue weighted by atomic mass is 16.5. The second-order valence-corrected chi connectivity index (χ2v) is 9.58. The molecule has 1 N–H and O–H groups in total. The number of benzene rings is 2. The summed E-state index contributed by atoms with van der Waals surface area (Å²) in [7, 11) is 0. The molecular weight excluding hydrogens is 332 g/mol. The molecule has 0 bridgehead atoms. The smallest absolute Gasteiger partial charge is 0.144 e. The molecule has 1 fully saturated rings. The van der Waals surface area contributed by atoms with E-state index in [9.17, 15) is 0 Å². The predicted molar refractivity (Wildman–Crippen MR) is 115 cm³/mol. The largest absolute Gasteiger partial charge is 0.486 e. The number of hydrogen-bond donors (Lipinski definition) is 1. The lowest BCUT2D eigenvalue weighted by Gasteiger charge is -2.33. The van der Waals surface area contributed by atoms with E-state index in [-0.39, 0.29) is 11.0 Å². The minimum Gasteiger partial charge on any atom is -0.486 e. The lowest BCUT2D eigenvalue weighted by Crippen LogP contribution is -2.36. The Balaban J connectivity index is 1.86. The van der Waals surface area contributed by atoms with E-state index >= 15 is 0 Å². The molecule has 0 saturated carbocycles. The second kappa shape index (κ2) is 6.47. The van der Waals surface area contributed by atoms with Gasteiger partial charge in [-0.25, -0.2) is 0 Å². The van der Waals surface area contributed by atoms with Crippen LogP contribution in [0.1, 0.15) is 53.0 Å². The quantitative estimate of drug-likeness (QED) is 0.725. The van der Waals surface area contributed by atoms with E-state index in [2.05, 4.69) is 81.2 Å². The van der Waals surface area contributed by atoms with Gasteiger partial charge < -0.3 is 15.0 Å². The fraction of sp³-hybridized carbons (Fsp3) is 0.500. The zero-order valence-corrected chi connectivity index (χ0v) is 17.4. The van der Waals surface area contributed by atoms with Crippen molar-refractivity contribution in [2.24, 2.45) is 0 Å². The molecule has 0 radical (unpaired) electrons. The molecule has 2 aromatic rings. The van der Waals surface area contributed by atoms with Crippen LogP contribution in [0.15, 0.2) is 36.4 Å². The fourth-order valence-electron chi connectivity index (χ4n) is 3.82. The Labute approximate surface area is 163 Å². The van der Waals surface area contributed by atoms with Gasteiger partial charge in [-0.2, -0.15) is 0 Å². The first-order chi connectivity index (χ1) is 12.7. The monoisotopic (exact) mass is 364 g/mol. The number of fused-ring (bicyclic) bond motifs is 1. The third-order valence-electron chi connectivity index (χ3n) is 5.76. The van der Waals surface area contributed by atoms with Crippen molar-refractivity contribution < 1.29 is 4.74 Å². The molecule has 4 rings (SSSR count). The molecule has 2 heterocycles. The van der Waals surface area contributed by atoms with E-state index in [1.165, 1.54) is 41.9 Å². The molecule has 3 heteroatoms. The zero-order valence-electron chi connectivity index (χ0n) is 17.4. The third-order valence-corrected chi connectivity index (χ3v) is 5.76. The molecule has 2 aromatic carbocycles. The van der Waals surface area contributed by atoms with E-state index in [4.69, 9.17) is 4.74 Å². The van der Waals surface area contributed by atoms with Crippen LogP contribution in [0, 0.1) is 0 Å². The average Bonchev–Trinajstić information content (AvgIpc) is 2.68. The van der Waals surface area contributed by atoms with Crippen LogP contribution in [0.2, 0.25) is 0 Å². The first-order valence-electron chi connectivity index (χ1n) is 10.2. The average molecular weight is 365 g/mol. The molecule has 1 saturated heterocycles. The molecule has 2 aliphatic rings. The van der Waals surface area contributed by atoms with Gasteiger partial charge in [-0.05, 0) is 61.1 Å². The van der Waals surface area contributed by atoms with Gasteiger partial charge in [0.05, 0.1) is 5.69 Å². The van der Waals surface area contributed by atoms with Crippen LogP contribution < -0.4 is 15.0 Å². The molecule has 0 aliphatic carbocycles. The van der Waals surface area contributed by atoms with Crippen molar-refractivity contribution in [2.45, 2.75) is 58.5 Å². The maximum absolute atomic E-state index is 6.48. The Morgan fingerprint density at radius 2 is 1.85 bits per heavy atom. The van der Waals surface area contributed by atoms with Gasteiger partial charge in [0.15, 0.2) is 0 Å². The summed E-state index contributed by atoms with van der Waals surface area (Å²) in [5.74, 6) is 0.981. The Morgan fingerprint density at radius 1 is 1.07 bits per heavy atom. The number of rotatable bonds is 2. The van der Waals surface area contributed by atoms with Gasteiger partial charge in [0.2, 0.25) is 0 Å². The minimum atomic E-state index is -0.161. The van der Waals surface area contributed by atoms with Crippen LogP contribution in [0.4, 0.5) is 11.4 Å². The standard InChI is InChI=1S/C24H32N2O/c1-23(2,3)18-15-20(17-8-6-9-19(14-17)26-12-7-13-26)22-21(16-18)27-24(4,5)10-11-25-22/h6,8-9,14-16,25H,7,10-13H2,1-5H3. The van der Waals surface area contributed by atoms with Crippen molar-refractivity contribution in [3.8, 4) is 16.9 Å². The molecular formula is C24H32N2O. The van der Waals surface area contributed by atoms with E-state index in [0.29, 0.717) is 0 Å². The Hall–Kier alpha value is -2.16. The topological polar surface area (TPSA) is 24.5 Å². The van der Waals surface area contributed by atoms with E-state index < -0.39 is 0 Å². The van der Waals surface area contributed by atoms with Gasteiger partial charge in [-0.3, -0.25) is 0 Å². The first kappa shape index (κ1) is 18.2. The van der Waals surface area contributed by atoms with Gasteiger partial charge in [0.1, 0.15) is 11.4 Å². The van der Waals surface area contributed by atoms with Gasteiger partial charge in [0, 0.05) is 37.3 Å². The first-order valence-corrected chi connectivity index (χ1v) is 10.2. The Kier molecular flexibility index (Phi) is 4.37. The summed E-state index contributed by atoms with van der Waals surface area (Å²) in [5.41, 5.74) is 6.18. The minimum absolute atomic E-state index is 0.0681. The summed E-state index contributed by atoms with van der Waals surface area (Å²) in [6.07, 6.45) is 2.28. The lowest BCUT2D eigenvalue weighted by molar-refractivity contribution is 0.108. The highest BCUT2D eigenvalue weighted by molar-refractivity contribution is 5.85. The molecule has 0 unspecified atom stereocenters. The summed E-state index contributed by atoms with van der Waals surface area (Å²) in [6, 6.07) is 13.5. The molecule has 3 nitrogen and oxygen atoms in total. The van der Waals surface area contributed by atoms with Gasteiger partial charge in [0.25, 0.3) is 0 Å². The lowest BCUT2D eigenvalue weighted by atomic mass is 9.84. The van der Waals surface area contributed by atoms with Crippen LogP contribution in [-0.2, 0) is 5.41 Å². The van der Waals surface area contributed by atoms with E-state index in [1.807, 2.05) is 0 Å². The van der Waals surface area contributed by atoms with Crippen LogP contribution in [-0.4, -0.2) is 25.2 Å². The van der Waals surface area contributed by atoms with Crippen LogP contribution >= 0.6 is 0 Å². The summed E-state index contributed by atoms with van der Waals surface area (Å²) in [4.78, 5) is 2.45. The molecule has 2 aliphatic heterocycles. The van der Waals surface area contributed by atoms with E-state index in [0.717, 1.165) is 24.4 Å². The van der Waals surface area contributed by atoms with Crippen molar-refractivity contribution in [3.05, 3.63) is 42.0 Å². The highest BCUT2D eigenvalue weighted by Gasteiger charge is 2.28. The van der Waals surface area contributed by atoms with Crippen molar-refractivity contribution in [1.29, 1.82) is 0 Å². The Morgan fingerprint density at radius 3 is 2.52 bits per heavy atom. The number of nitrogens with zero attached hydrogens (tertiary/aromatic N) is 1. The fourth-order valence-corrected chi connectivity index (χ4v) is 3.82. The number of hydrogen-bond acceptors (Lipinski definition) is 3. The maximum Gasteiger partial charge on any atom is 0.144 e. The molecule has 0 atom stereocenters. The van der Waals surface area contributed by atoms with Crippen molar-refractivity contribution in [3.63, 3.8) is 0 Å². The summed E-state index contributed by atoms with van der Waals surface area (Å²) >= 11 is 0. The molecule has 27 heavy (non-hydrogen) atoms. The van der Waals surface area contributed by atoms with Gasteiger partial charge in [-0.1, -0.05) is 32.9 Å². The van der Waals surface area contributed by atoms with Crippen molar-refractivity contribution in [1.82, 2.24) is 0 Å². The number of anilines is 2. The van der Waals surface area contributed by atoms with Crippen molar-refractivity contribution in [2.75, 3.05) is 29.9 Å². The predicted octanol–water partition coefficient (Wildman–Crippen LogP) is 5.83. The second-order valence-electron chi connectivity index (χ2n) is 9.58. The number of ether oxygens (including phenoxy) is 1. The molecule has 0 amide bonds. The molecule has 0 spiro atoms. The van der Waals surface area contributed by atoms with Crippen LogP contribution in [0.5, 0.6) is 5.75 Å². The van der Waals surface area contributed by atoms with Crippen LogP contribution in [0.25, 0.3) is 11.1 Å². The summed E-state index contributed by atoms with van der Waals surface area (Å²) < 4.78 is 6.48. The highest BCUT2D eigenvalue weighted by Crippen LogP contribution is 2.44. The maximum atomic E-state index is 6.48. The summed E-state index contributed by atoms with van der Waals surface area (Å²) in [5, 5.41) is 3.66. The normalized spacial score (nSPS) is 18.6. The van der Waals surface area contributed by atoms with Gasteiger partial charge in [-0.15, -0.1) is 0 Å². The number of nitrogens with one attached hydrogen (secondary N) is 1. The zero-order chi connectivity index (χ0) is 19.2.